The van der Waals surface area contributed by atoms with Gasteiger partial charge in [-0.25, -0.2) is 4.39 Å². The Bertz CT molecular complexity index is 536. The lowest BCUT2D eigenvalue weighted by Gasteiger charge is -2.05. The first-order chi connectivity index (χ1) is 8.56. The Labute approximate surface area is 125 Å². The van der Waals surface area contributed by atoms with E-state index in [1.165, 1.54) is 15.8 Å². The summed E-state index contributed by atoms with van der Waals surface area (Å²) in [5.41, 5.74) is 1.11. The van der Waals surface area contributed by atoms with Gasteiger partial charge < -0.3 is 5.32 Å². The zero-order chi connectivity index (χ0) is 13.1. The van der Waals surface area contributed by atoms with E-state index in [1.54, 1.807) is 17.4 Å². The molecular formula is C14H15FINS. The summed E-state index contributed by atoms with van der Waals surface area (Å²) in [4.78, 5) is 2.50. The molecule has 0 aliphatic rings. The van der Waals surface area contributed by atoms with Crippen LogP contribution in [0.2, 0.25) is 0 Å². The van der Waals surface area contributed by atoms with Gasteiger partial charge in [-0.2, -0.15) is 0 Å². The Balaban J connectivity index is 2.18. The van der Waals surface area contributed by atoms with E-state index in [-0.39, 0.29) is 5.82 Å². The lowest BCUT2D eigenvalue weighted by molar-refractivity contribution is 0.593. The van der Waals surface area contributed by atoms with Crippen LogP contribution < -0.4 is 5.32 Å². The van der Waals surface area contributed by atoms with Crippen LogP contribution in [0.1, 0.15) is 18.7 Å². The normalized spacial score (nSPS) is 11.2. The lowest BCUT2D eigenvalue weighted by atomic mass is 10.2. The van der Waals surface area contributed by atoms with E-state index in [2.05, 4.69) is 53.9 Å². The topological polar surface area (TPSA) is 12.0 Å². The molecule has 0 atom stereocenters. The molecule has 0 saturated heterocycles. The minimum absolute atomic E-state index is 0.179. The Morgan fingerprint density at radius 3 is 2.72 bits per heavy atom. The Hall–Kier alpha value is -0.460. The van der Waals surface area contributed by atoms with Gasteiger partial charge in [-0.3, -0.25) is 0 Å². The maximum atomic E-state index is 13.1. The number of hydrogen-bond acceptors (Lipinski definition) is 2. The van der Waals surface area contributed by atoms with Gasteiger partial charge in [-0.05, 0) is 52.9 Å². The number of benzene rings is 1. The number of halogens is 2. The first-order valence-corrected chi connectivity index (χ1v) is 7.73. The molecule has 2 rings (SSSR count). The molecule has 0 amide bonds. The van der Waals surface area contributed by atoms with Crippen molar-refractivity contribution in [1.82, 2.24) is 5.32 Å². The van der Waals surface area contributed by atoms with Gasteiger partial charge in [0, 0.05) is 31.5 Å². The van der Waals surface area contributed by atoms with Gasteiger partial charge in [0.15, 0.2) is 0 Å². The first kappa shape index (κ1) is 14.0. The highest BCUT2D eigenvalue weighted by molar-refractivity contribution is 14.1. The Morgan fingerprint density at radius 2 is 2.06 bits per heavy atom. The summed E-state index contributed by atoms with van der Waals surface area (Å²) in [5.74, 6) is -0.179. The number of hydrogen-bond donors (Lipinski definition) is 1. The van der Waals surface area contributed by atoms with Gasteiger partial charge in [0.25, 0.3) is 0 Å². The summed E-state index contributed by atoms with van der Waals surface area (Å²) in [5, 5.41) is 3.40. The molecule has 0 aliphatic carbocycles. The second kappa shape index (κ2) is 6.12. The molecular weight excluding hydrogens is 360 g/mol. The van der Waals surface area contributed by atoms with Gasteiger partial charge in [0.2, 0.25) is 0 Å². The molecule has 0 saturated carbocycles. The molecule has 1 nitrogen and oxygen atoms in total. The summed E-state index contributed by atoms with van der Waals surface area (Å²) in [6, 6.07) is 9.67. The van der Waals surface area contributed by atoms with E-state index in [1.807, 2.05) is 6.07 Å². The Morgan fingerprint density at radius 1 is 1.28 bits per heavy atom. The summed E-state index contributed by atoms with van der Waals surface area (Å²) in [6.45, 7) is 5.16. The maximum Gasteiger partial charge on any atom is 0.124 e. The van der Waals surface area contributed by atoms with Crippen LogP contribution in [0.15, 0.2) is 30.3 Å². The number of nitrogens with one attached hydrogen (secondary N) is 1. The van der Waals surface area contributed by atoms with Crippen LogP contribution in [0.25, 0.3) is 10.4 Å². The largest absolute Gasteiger partial charge is 0.310 e. The third-order valence-electron chi connectivity index (χ3n) is 2.54. The van der Waals surface area contributed by atoms with Crippen LogP contribution in [0, 0.1) is 9.39 Å². The monoisotopic (exact) mass is 375 g/mol. The highest BCUT2D eigenvalue weighted by Gasteiger charge is 2.07. The van der Waals surface area contributed by atoms with Crippen molar-refractivity contribution in [1.29, 1.82) is 0 Å². The molecule has 1 N–H and O–H groups in total. The average Bonchev–Trinajstić information content (AvgIpc) is 2.75. The number of rotatable bonds is 4. The van der Waals surface area contributed by atoms with Gasteiger partial charge in [-0.15, -0.1) is 11.3 Å². The second-order valence-corrected chi connectivity index (χ2v) is 6.76. The highest BCUT2D eigenvalue weighted by atomic mass is 127. The molecule has 18 heavy (non-hydrogen) atoms. The van der Waals surface area contributed by atoms with E-state index >= 15 is 0 Å². The minimum Gasteiger partial charge on any atom is -0.310 e. The third kappa shape index (κ3) is 3.52. The van der Waals surface area contributed by atoms with E-state index in [4.69, 9.17) is 0 Å². The van der Waals surface area contributed by atoms with Crippen LogP contribution in [0.5, 0.6) is 0 Å². The zero-order valence-electron chi connectivity index (χ0n) is 10.3. The van der Waals surface area contributed by atoms with Crippen molar-refractivity contribution in [3.05, 3.63) is 44.6 Å². The van der Waals surface area contributed by atoms with Crippen LogP contribution in [0.4, 0.5) is 4.39 Å². The summed E-state index contributed by atoms with van der Waals surface area (Å²) >= 11 is 3.94. The van der Waals surface area contributed by atoms with E-state index in [9.17, 15) is 4.39 Å². The van der Waals surface area contributed by atoms with Crippen molar-refractivity contribution in [2.24, 2.45) is 0 Å². The fourth-order valence-electron chi connectivity index (χ4n) is 1.61. The van der Waals surface area contributed by atoms with Crippen LogP contribution >= 0.6 is 33.9 Å². The van der Waals surface area contributed by atoms with Crippen molar-refractivity contribution in [2.45, 2.75) is 26.4 Å². The van der Waals surface area contributed by atoms with Crippen molar-refractivity contribution in [3.8, 4) is 10.4 Å². The van der Waals surface area contributed by atoms with E-state index in [0.717, 1.165) is 15.7 Å². The van der Waals surface area contributed by atoms with E-state index < -0.39 is 0 Å². The van der Waals surface area contributed by atoms with Gasteiger partial charge in [-0.1, -0.05) is 13.8 Å². The van der Waals surface area contributed by atoms with Crippen molar-refractivity contribution in [2.75, 3.05) is 0 Å². The quantitative estimate of drug-likeness (QED) is 0.767. The molecule has 96 valence electrons. The zero-order valence-corrected chi connectivity index (χ0v) is 13.3. The summed E-state index contributed by atoms with van der Waals surface area (Å²) in [6.07, 6.45) is 0. The van der Waals surface area contributed by atoms with Crippen LogP contribution in [-0.2, 0) is 6.54 Å². The van der Waals surface area contributed by atoms with Crippen molar-refractivity contribution in [3.63, 3.8) is 0 Å². The van der Waals surface area contributed by atoms with Crippen molar-refractivity contribution >= 4 is 33.9 Å². The molecule has 1 heterocycles. The molecule has 0 fully saturated rings. The predicted molar refractivity (Wildman–Crippen MR) is 84.4 cm³/mol. The van der Waals surface area contributed by atoms with Gasteiger partial charge in [0.05, 0.1) is 0 Å². The highest BCUT2D eigenvalue weighted by Crippen LogP contribution is 2.31. The van der Waals surface area contributed by atoms with Crippen molar-refractivity contribution < 1.29 is 4.39 Å². The van der Waals surface area contributed by atoms with Gasteiger partial charge in [0.1, 0.15) is 5.82 Å². The molecule has 0 aliphatic heterocycles. The first-order valence-electron chi connectivity index (χ1n) is 5.84. The molecule has 0 bridgehead atoms. The summed E-state index contributed by atoms with van der Waals surface area (Å²) < 4.78 is 14.0. The molecule has 0 unspecified atom stereocenters. The Kier molecular flexibility index (Phi) is 4.75. The number of thiophene rings is 1. The minimum atomic E-state index is -0.179. The smallest absolute Gasteiger partial charge is 0.124 e. The fourth-order valence-corrected chi connectivity index (χ4v) is 3.56. The predicted octanol–water partition coefficient (Wildman–Crippen LogP) is 4.66. The van der Waals surface area contributed by atoms with Crippen LogP contribution in [-0.4, -0.2) is 6.04 Å². The molecule has 2 aromatic rings. The molecule has 1 aromatic carbocycles. The van der Waals surface area contributed by atoms with Gasteiger partial charge >= 0.3 is 0 Å². The third-order valence-corrected chi connectivity index (χ3v) is 4.55. The SMILES string of the molecule is CC(C)NCc1ccc(-c2ccc(F)cc2I)s1. The maximum absolute atomic E-state index is 13.1. The average molecular weight is 375 g/mol. The lowest BCUT2D eigenvalue weighted by Crippen LogP contribution is -2.21. The molecule has 1 aromatic heterocycles. The molecule has 0 radical (unpaired) electrons. The standard InChI is InChI=1S/C14H15FINS/c1-9(2)17-8-11-4-6-14(18-11)12-5-3-10(15)7-13(12)16/h3-7,9,17H,8H2,1-2H3. The summed E-state index contributed by atoms with van der Waals surface area (Å²) in [7, 11) is 0. The molecule has 4 heteroatoms. The fraction of sp³-hybridized carbons (Fsp3) is 0.286. The van der Waals surface area contributed by atoms with E-state index in [0.29, 0.717) is 6.04 Å². The molecule has 0 spiro atoms. The van der Waals surface area contributed by atoms with Crippen LogP contribution in [0.3, 0.4) is 0 Å². The second-order valence-electron chi connectivity index (χ2n) is 4.43.